The van der Waals surface area contributed by atoms with Crippen molar-refractivity contribution in [2.24, 2.45) is 0 Å². The molecule has 144 valence electrons. The molecule has 0 radical (unpaired) electrons. The van der Waals surface area contributed by atoms with E-state index in [1.165, 1.54) is 5.56 Å². The fourth-order valence-electron chi connectivity index (χ4n) is 3.22. The van der Waals surface area contributed by atoms with Gasteiger partial charge in [0.25, 0.3) is 5.91 Å². The lowest BCUT2D eigenvalue weighted by molar-refractivity contribution is -0.135. The summed E-state index contributed by atoms with van der Waals surface area (Å²) in [7, 11) is 0. The Hall–Kier alpha value is -1.24. The van der Waals surface area contributed by atoms with E-state index in [1.54, 1.807) is 16.7 Å². The molecular formula is C19H28ClN3O2S. The van der Waals surface area contributed by atoms with Crippen molar-refractivity contribution in [1.29, 1.82) is 0 Å². The molecule has 1 N–H and O–H groups in total. The Labute approximate surface area is 166 Å². The van der Waals surface area contributed by atoms with Gasteiger partial charge in [-0.3, -0.25) is 9.59 Å². The van der Waals surface area contributed by atoms with Crippen molar-refractivity contribution in [2.75, 3.05) is 37.8 Å². The average Bonchev–Trinajstić information content (AvgIpc) is 3.10. The normalized spacial score (nSPS) is 20.7. The van der Waals surface area contributed by atoms with E-state index >= 15 is 0 Å². The number of thioether (sulfide) groups is 1. The highest BCUT2D eigenvalue weighted by molar-refractivity contribution is 7.99. The first-order chi connectivity index (χ1) is 11.9. The topological polar surface area (TPSA) is 52.7 Å². The molecule has 0 saturated carbocycles. The molecule has 2 amide bonds. The van der Waals surface area contributed by atoms with Gasteiger partial charge < -0.3 is 15.1 Å². The van der Waals surface area contributed by atoms with Crippen molar-refractivity contribution in [3.05, 3.63) is 35.4 Å². The van der Waals surface area contributed by atoms with E-state index in [-0.39, 0.29) is 35.7 Å². The molecule has 2 aliphatic rings. The van der Waals surface area contributed by atoms with Gasteiger partial charge in [0, 0.05) is 37.5 Å². The molecule has 0 spiro atoms. The summed E-state index contributed by atoms with van der Waals surface area (Å²) in [4.78, 5) is 29.4. The minimum Gasteiger partial charge on any atom is -0.338 e. The van der Waals surface area contributed by atoms with Gasteiger partial charge in [-0.15, -0.1) is 24.2 Å². The summed E-state index contributed by atoms with van der Waals surface area (Å²) in [6, 6.07) is 7.47. The smallest absolute Gasteiger partial charge is 0.255 e. The van der Waals surface area contributed by atoms with Crippen LogP contribution in [0.25, 0.3) is 0 Å². The first kappa shape index (κ1) is 21.1. The molecule has 26 heavy (non-hydrogen) atoms. The van der Waals surface area contributed by atoms with Crippen LogP contribution in [0.3, 0.4) is 0 Å². The Morgan fingerprint density at radius 2 is 1.73 bits per heavy atom. The lowest BCUT2D eigenvalue weighted by atomic mass is 9.86. The van der Waals surface area contributed by atoms with Crippen molar-refractivity contribution in [2.45, 2.75) is 32.2 Å². The zero-order valence-corrected chi connectivity index (χ0v) is 17.3. The van der Waals surface area contributed by atoms with Gasteiger partial charge in [-0.1, -0.05) is 32.9 Å². The number of carbonyl (C=O) groups excluding carboxylic acids is 2. The molecule has 3 rings (SSSR count). The number of piperazine rings is 1. The molecule has 7 heteroatoms. The molecular weight excluding hydrogens is 370 g/mol. The molecule has 1 unspecified atom stereocenters. The van der Waals surface area contributed by atoms with E-state index in [9.17, 15) is 9.59 Å². The summed E-state index contributed by atoms with van der Waals surface area (Å²) in [5.74, 6) is 1.32. The van der Waals surface area contributed by atoms with Crippen molar-refractivity contribution in [1.82, 2.24) is 15.1 Å². The first-order valence-corrected chi connectivity index (χ1v) is 10.0. The number of nitrogens with one attached hydrogen (secondary N) is 1. The largest absolute Gasteiger partial charge is 0.338 e. The van der Waals surface area contributed by atoms with Crippen LogP contribution in [0.2, 0.25) is 0 Å². The van der Waals surface area contributed by atoms with Gasteiger partial charge in [0.1, 0.15) is 6.04 Å². The molecule has 5 nitrogen and oxygen atoms in total. The number of nitrogens with zero attached hydrogens (tertiary/aromatic N) is 2. The van der Waals surface area contributed by atoms with E-state index < -0.39 is 0 Å². The van der Waals surface area contributed by atoms with Crippen molar-refractivity contribution < 1.29 is 9.59 Å². The van der Waals surface area contributed by atoms with Crippen LogP contribution in [0.5, 0.6) is 0 Å². The van der Waals surface area contributed by atoms with Crippen molar-refractivity contribution in [3.63, 3.8) is 0 Å². The number of hydrogen-bond donors (Lipinski definition) is 1. The van der Waals surface area contributed by atoms with Crippen LogP contribution in [-0.4, -0.2) is 65.5 Å². The highest BCUT2D eigenvalue weighted by Gasteiger charge is 2.37. The zero-order valence-electron chi connectivity index (χ0n) is 15.7. The number of carbonyl (C=O) groups is 2. The van der Waals surface area contributed by atoms with Gasteiger partial charge in [-0.2, -0.15) is 0 Å². The van der Waals surface area contributed by atoms with Gasteiger partial charge in [0.15, 0.2) is 0 Å². The molecule has 0 aromatic heterocycles. The Kier molecular flexibility index (Phi) is 6.99. The second kappa shape index (κ2) is 8.63. The van der Waals surface area contributed by atoms with Gasteiger partial charge in [0.05, 0.1) is 5.88 Å². The SMILES string of the molecule is CC(C)(C)c1ccc(C(=O)N2CSCC2C(=O)N2CCNCC2)cc1.Cl. The second-order valence-electron chi connectivity index (χ2n) is 7.69. The maximum Gasteiger partial charge on any atom is 0.255 e. The lowest BCUT2D eigenvalue weighted by Crippen LogP contribution is -2.54. The molecule has 0 aliphatic carbocycles. The number of benzene rings is 1. The lowest BCUT2D eigenvalue weighted by Gasteiger charge is -2.32. The highest BCUT2D eigenvalue weighted by Crippen LogP contribution is 2.26. The number of rotatable bonds is 2. The van der Waals surface area contributed by atoms with Crippen molar-refractivity contribution in [3.8, 4) is 0 Å². The molecule has 2 heterocycles. The number of amides is 2. The standard InChI is InChI=1S/C19H27N3O2S.ClH/c1-19(2,3)15-6-4-14(5-7-15)17(23)22-13-25-12-16(22)18(24)21-10-8-20-9-11-21;/h4-7,16,20H,8-13H2,1-3H3;1H. The predicted octanol–water partition coefficient (Wildman–Crippen LogP) is 2.35. The maximum absolute atomic E-state index is 12.9. The van der Waals surface area contributed by atoms with Crippen LogP contribution in [0, 0.1) is 0 Å². The fraction of sp³-hybridized carbons (Fsp3) is 0.579. The molecule has 2 saturated heterocycles. The molecule has 1 aromatic rings. The van der Waals surface area contributed by atoms with E-state index in [4.69, 9.17) is 0 Å². The Balaban J connectivity index is 0.00000243. The molecule has 2 aliphatic heterocycles. The quantitative estimate of drug-likeness (QED) is 0.832. The molecule has 2 fully saturated rings. The van der Waals surface area contributed by atoms with Crippen LogP contribution in [-0.2, 0) is 10.2 Å². The van der Waals surface area contributed by atoms with Crippen LogP contribution in [0.15, 0.2) is 24.3 Å². The van der Waals surface area contributed by atoms with Crippen LogP contribution in [0.1, 0.15) is 36.7 Å². The minimum absolute atomic E-state index is 0. The van der Waals surface area contributed by atoms with Crippen molar-refractivity contribution >= 4 is 36.0 Å². The summed E-state index contributed by atoms with van der Waals surface area (Å²) in [5.41, 5.74) is 1.92. The van der Waals surface area contributed by atoms with E-state index in [0.29, 0.717) is 17.2 Å². The Bertz CT molecular complexity index is 639. The summed E-state index contributed by atoms with van der Waals surface area (Å²) in [5, 5.41) is 3.26. The summed E-state index contributed by atoms with van der Waals surface area (Å²) < 4.78 is 0. The first-order valence-electron chi connectivity index (χ1n) is 8.87. The summed E-state index contributed by atoms with van der Waals surface area (Å²) >= 11 is 1.65. The summed E-state index contributed by atoms with van der Waals surface area (Å²) in [6.07, 6.45) is 0. The monoisotopic (exact) mass is 397 g/mol. The van der Waals surface area contributed by atoms with Crippen LogP contribution >= 0.6 is 24.2 Å². The van der Waals surface area contributed by atoms with Gasteiger partial charge in [0.2, 0.25) is 5.91 Å². The number of halogens is 1. The fourth-order valence-corrected chi connectivity index (χ4v) is 4.37. The van der Waals surface area contributed by atoms with Gasteiger partial charge in [-0.25, -0.2) is 0 Å². The minimum atomic E-state index is -0.335. The van der Waals surface area contributed by atoms with Gasteiger partial charge in [-0.05, 0) is 23.1 Å². The Morgan fingerprint density at radius 1 is 1.12 bits per heavy atom. The third-order valence-corrected chi connectivity index (χ3v) is 5.87. The Morgan fingerprint density at radius 3 is 2.31 bits per heavy atom. The second-order valence-corrected chi connectivity index (χ2v) is 8.69. The van der Waals surface area contributed by atoms with Gasteiger partial charge >= 0.3 is 0 Å². The predicted molar refractivity (Wildman–Crippen MR) is 109 cm³/mol. The average molecular weight is 398 g/mol. The molecule has 1 atom stereocenters. The maximum atomic E-state index is 12.9. The zero-order chi connectivity index (χ0) is 18.0. The van der Waals surface area contributed by atoms with E-state index in [2.05, 4.69) is 26.1 Å². The molecule has 0 bridgehead atoms. The van der Waals surface area contributed by atoms with E-state index in [1.807, 2.05) is 29.2 Å². The number of hydrogen-bond acceptors (Lipinski definition) is 4. The third kappa shape index (κ3) is 4.53. The van der Waals surface area contributed by atoms with Crippen LogP contribution < -0.4 is 5.32 Å². The highest BCUT2D eigenvalue weighted by atomic mass is 35.5. The van der Waals surface area contributed by atoms with Crippen LogP contribution in [0.4, 0.5) is 0 Å². The third-order valence-electron chi connectivity index (χ3n) is 4.85. The summed E-state index contributed by atoms with van der Waals surface area (Å²) in [6.45, 7) is 9.57. The molecule has 1 aromatic carbocycles. The van der Waals surface area contributed by atoms with E-state index in [0.717, 1.165) is 26.2 Å².